The van der Waals surface area contributed by atoms with Gasteiger partial charge in [0.1, 0.15) is 5.75 Å². The molecular formula is C32H31NO4. The van der Waals surface area contributed by atoms with Crippen molar-refractivity contribution in [2.75, 3.05) is 20.2 Å². The van der Waals surface area contributed by atoms with Crippen LogP contribution in [0, 0.1) is 18.3 Å². The number of rotatable bonds is 5. The summed E-state index contributed by atoms with van der Waals surface area (Å²) >= 11 is 0. The molecule has 37 heavy (non-hydrogen) atoms. The number of ether oxygens (including phenoxy) is 1. The third-order valence-electron chi connectivity index (χ3n) is 9.28. The summed E-state index contributed by atoms with van der Waals surface area (Å²) in [6.07, 6.45) is 1.65. The van der Waals surface area contributed by atoms with Crippen LogP contribution < -0.4 is 4.74 Å². The van der Waals surface area contributed by atoms with Crippen LogP contribution in [0.25, 0.3) is 5.57 Å². The molecule has 1 heterocycles. The van der Waals surface area contributed by atoms with E-state index in [0.717, 1.165) is 24.0 Å². The molecule has 5 nitrogen and oxygen atoms in total. The number of likely N-dealkylation sites (tertiary alicyclic amines) is 1. The summed E-state index contributed by atoms with van der Waals surface area (Å²) in [6.45, 7) is 6.73. The molecule has 1 aliphatic heterocycles. The number of fused-ring (bicyclic) bond motifs is 1. The fraction of sp³-hybridized carbons (Fsp3) is 0.312. The number of benzene rings is 3. The van der Waals surface area contributed by atoms with Gasteiger partial charge in [-0.2, -0.15) is 0 Å². The third-order valence-corrected chi connectivity index (χ3v) is 9.28. The van der Waals surface area contributed by atoms with Crippen molar-refractivity contribution in [1.82, 2.24) is 4.90 Å². The molecule has 1 N–H and O–H groups in total. The quantitative estimate of drug-likeness (QED) is 0.482. The van der Waals surface area contributed by atoms with Crippen molar-refractivity contribution in [2.45, 2.75) is 31.1 Å². The Morgan fingerprint density at radius 3 is 2.46 bits per heavy atom. The van der Waals surface area contributed by atoms with Gasteiger partial charge in [0.2, 0.25) is 0 Å². The summed E-state index contributed by atoms with van der Waals surface area (Å²) in [6, 6.07) is 24.2. The number of aliphatic carboxylic acids is 1. The van der Waals surface area contributed by atoms with Crippen LogP contribution in [0.1, 0.15) is 46.6 Å². The zero-order valence-corrected chi connectivity index (χ0v) is 21.2. The lowest BCUT2D eigenvalue weighted by molar-refractivity contribution is -0.157. The van der Waals surface area contributed by atoms with Crippen molar-refractivity contribution in [3.8, 4) is 5.75 Å². The van der Waals surface area contributed by atoms with E-state index in [1.807, 2.05) is 24.3 Å². The minimum atomic E-state index is -1.06. The largest absolute Gasteiger partial charge is 0.496 e. The first-order valence-electron chi connectivity index (χ1n) is 12.9. The van der Waals surface area contributed by atoms with Gasteiger partial charge in [0.05, 0.1) is 12.5 Å². The predicted molar refractivity (Wildman–Crippen MR) is 143 cm³/mol. The van der Waals surface area contributed by atoms with E-state index < -0.39 is 16.8 Å². The second kappa shape index (κ2) is 8.34. The zero-order valence-electron chi connectivity index (χ0n) is 21.2. The Morgan fingerprint density at radius 1 is 1.03 bits per heavy atom. The summed E-state index contributed by atoms with van der Waals surface area (Å²) in [5.41, 5.74) is 4.06. The molecule has 3 aromatic carbocycles. The lowest BCUT2D eigenvalue weighted by Gasteiger charge is -2.59. The Hall–Kier alpha value is -3.86. The molecule has 3 aromatic rings. The number of carbonyl (C=O) groups excluding carboxylic acids is 1. The van der Waals surface area contributed by atoms with Gasteiger partial charge >= 0.3 is 5.97 Å². The summed E-state index contributed by atoms with van der Waals surface area (Å²) in [7, 11) is 1.57. The van der Waals surface area contributed by atoms with Crippen molar-refractivity contribution < 1.29 is 19.4 Å². The summed E-state index contributed by atoms with van der Waals surface area (Å²) in [4.78, 5) is 28.9. The molecule has 2 fully saturated rings. The van der Waals surface area contributed by atoms with Crippen molar-refractivity contribution in [3.63, 3.8) is 0 Å². The van der Waals surface area contributed by atoms with Crippen molar-refractivity contribution in [1.29, 1.82) is 0 Å². The number of carbonyl (C=O) groups is 2. The first kappa shape index (κ1) is 23.5. The molecule has 188 valence electrons. The number of hydrogen-bond donors (Lipinski definition) is 1. The van der Waals surface area contributed by atoms with Gasteiger partial charge in [-0.05, 0) is 42.5 Å². The normalized spacial score (nSPS) is 27.4. The van der Waals surface area contributed by atoms with Gasteiger partial charge in [0.25, 0.3) is 5.91 Å². The Bertz CT molecular complexity index is 1430. The molecule has 0 unspecified atom stereocenters. The zero-order chi connectivity index (χ0) is 25.9. The number of aryl methyl sites for hydroxylation is 1. The fourth-order valence-corrected chi connectivity index (χ4v) is 7.66. The van der Waals surface area contributed by atoms with Crippen LogP contribution in [0.3, 0.4) is 0 Å². The Balaban J connectivity index is 1.49. The standard InChI is InChI=1S/C32H31NO4/c1-20-12-14-22(15-13-20)31-17-16-26(24-9-4-6-10-25(24)31)32(30(35)36)19-33(18-28(31)32)29(34)21(2)23-8-5-7-11-27(23)37-3/h4-15,26,28H,2,16-19H2,1,3H3,(H,35,36)/t26-,28+,31+,32+/m0/s1. The maximum atomic E-state index is 13.9. The smallest absolute Gasteiger partial charge is 0.312 e. The molecular weight excluding hydrogens is 462 g/mol. The van der Waals surface area contributed by atoms with Gasteiger partial charge in [-0.3, -0.25) is 9.59 Å². The molecule has 0 aromatic heterocycles. The predicted octanol–water partition coefficient (Wildman–Crippen LogP) is 5.42. The highest BCUT2D eigenvalue weighted by atomic mass is 16.5. The van der Waals surface area contributed by atoms with Crippen LogP contribution in [0.2, 0.25) is 0 Å². The number of methoxy groups -OCH3 is 1. The van der Waals surface area contributed by atoms with Crippen molar-refractivity contribution in [2.24, 2.45) is 11.3 Å². The lowest BCUT2D eigenvalue weighted by atomic mass is 9.42. The maximum Gasteiger partial charge on any atom is 0.312 e. The first-order valence-corrected chi connectivity index (χ1v) is 12.9. The van der Waals surface area contributed by atoms with Gasteiger partial charge in [0, 0.05) is 41.5 Å². The van der Waals surface area contributed by atoms with Crippen LogP contribution in [0.4, 0.5) is 0 Å². The topological polar surface area (TPSA) is 66.8 Å². The van der Waals surface area contributed by atoms with E-state index in [1.54, 1.807) is 18.1 Å². The van der Waals surface area contributed by atoms with Crippen LogP contribution in [0.15, 0.2) is 79.4 Å². The van der Waals surface area contributed by atoms with E-state index in [9.17, 15) is 14.7 Å². The van der Waals surface area contributed by atoms with Gasteiger partial charge in [-0.25, -0.2) is 0 Å². The maximum absolute atomic E-state index is 13.9. The lowest BCUT2D eigenvalue weighted by Crippen LogP contribution is -2.60. The monoisotopic (exact) mass is 493 g/mol. The van der Waals surface area contributed by atoms with Gasteiger partial charge in [0.15, 0.2) is 0 Å². The number of nitrogens with zero attached hydrogens (tertiary/aromatic N) is 1. The summed E-state index contributed by atoms with van der Waals surface area (Å²) < 4.78 is 5.48. The average Bonchev–Trinajstić information content (AvgIpc) is 3.37. The molecule has 1 saturated heterocycles. The number of carboxylic acid groups (broad SMARTS) is 1. The van der Waals surface area contributed by atoms with E-state index >= 15 is 0 Å². The highest BCUT2D eigenvalue weighted by Gasteiger charge is 2.70. The van der Waals surface area contributed by atoms with Gasteiger partial charge in [-0.1, -0.05) is 78.9 Å². The molecule has 1 saturated carbocycles. The number of para-hydroxylation sites is 1. The van der Waals surface area contributed by atoms with Crippen LogP contribution in [-0.2, 0) is 15.0 Å². The summed E-state index contributed by atoms with van der Waals surface area (Å²) in [5, 5.41) is 10.9. The van der Waals surface area contributed by atoms with Crippen LogP contribution >= 0.6 is 0 Å². The molecule has 4 atom stereocenters. The molecule has 2 bridgehead atoms. The number of carboxylic acids is 1. The SMILES string of the molecule is C=C(C(=O)N1C[C@@H]2[C@@]3(c4ccc(C)cc4)CC[C@@H](c4ccccc43)[C@]2(C(=O)O)C1)c1ccccc1OC. The fourth-order valence-electron chi connectivity index (χ4n) is 7.66. The second-order valence-electron chi connectivity index (χ2n) is 10.8. The molecule has 0 radical (unpaired) electrons. The van der Waals surface area contributed by atoms with Crippen LogP contribution in [-0.4, -0.2) is 42.1 Å². The van der Waals surface area contributed by atoms with Crippen LogP contribution in [0.5, 0.6) is 5.75 Å². The van der Waals surface area contributed by atoms with Gasteiger partial charge in [-0.15, -0.1) is 0 Å². The Labute approximate surface area is 217 Å². The van der Waals surface area contributed by atoms with E-state index in [4.69, 9.17) is 4.74 Å². The number of hydrogen-bond acceptors (Lipinski definition) is 3. The van der Waals surface area contributed by atoms with E-state index in [1.165, 1.54) is 11.1 Å². The first-order chi connectivity index (χ1) is 17.8. The molecule has 1 amide bonds. The second-order valence-corrected chi connectivity index (χ2v) is 10.8. The Morgan fingerprint density at radius 2 is 1.73 bits per heavy atom. The molecule has 5 heteroatoms. The van der Waals surface area contributed by atoms with Crippen molar-refractivity contribution in [3.05, 3.63) is 107 Å². The minimum Gasteiger partial charge on any atom is -0.496 e. The Kier molecular flexibility index (Phi) is 5.30. The van der Waals surface area contributed by atoms with Gasteiger partial charge < -0.3 is 14.7 Å². The number of amides is 1. The highest BCUT2D eigenvalue weighted by molar-refractivity contribution is 6.19. The van der Waals surface area contributed by atoms with Crippen molar-refractivity contribution >= 4 is 17.4 Å². The van der Waals surface area contributed by atoms with E-state index in [2.05, 4.69) is 56.0 Å². The van der Waals surface area contributed by atoms with E-state index in [0.29, 0.717) is 23.4 Å². The molecule has 7 rings (SSSR count). The third kappa shape index (κ3) is 3.09. The summed E-state index contributed by atoms with van der Waals surface area (Å²) in [5.74, 6) is -0.860. The molecule has 3 aliphatic carbocycles. The molecule has 0 spiro atoms. The highest BCUT2D eigenvalue weighted by Crippen LogP contribution is 2.69. The minimum absolute atomic E-state index is 0.143. The van der Waals surface area contributed by atoms with E-state index in [-0.39, 0.29) is 24.3 Å². The average molecular weight is 494 g/mol. The molecule has 4 aliphatic rings.